The molecule has 0 aromatic heterocycles. The minimum Gasteiger partial charge on any atom is -0.458 e. The van der Waals surface area contributed by atoms with E-state index in [0.29, 0.717) is 19.4 Å². The van der Waals surface area contributed by atoms with E-state index in [0.717, 1.165) is 25.7 Å². The lowest BCUT2D eigenvalue weighted by Gasteiger charge is -1.98. The van der Waals surface area contributed by atoms with Gasteiger partial charge in [0.2, 0.25) is 6.41 Å². The highest BCUT2D eigenvalue weighted by molar-refractivity contribution is 6.32. The molecule has 0 radical (unpaired) electrons. The fourth-order valence-electron chi connectivity index (χ4n) is 1.13. The summed E-state index contributed by atoms with van der Waals surface area (Å²) in [5.74, 6) is -2.53. The van der Waals surface area contributed by atoms with Crippen molar-refractivity contribution in [1.29, 1.82) is 0 Å². The SMILES string of the molecule is CCCCCOC(=O)C(=O)N=O.CCCCCONC=O. The second kappa shape index (κ2) is 18.2. The molecule has 122 valence electrons. The predicted molar refractivity (Wildman–Crippen MR) is 76.0 cm³/mol. The molecular weight excluding hydrogens is 280 g/mol. The molecule has 1 N–H and O–H groups in total. The highest BCUT2D eigenvalue weighted by Crippen LogP contribution is 1.94. The van der Waals surface area contributed by atoms with Crippen LogP contribution < -0.4 is 5.48 Å². The summed E-state index contributed by atoms with van der Waals surface area (Å²) in [5, 5.41) is 1.92. The number of esters is 1. The molecule has 0 aromatic carbocycles. The zero-order valence-electron chi connectivity index (χ0n) is 12.6. The van der Waals surface area contributed by atoms with E-state index in [-0.39, 0.29) is 6.61 Å². The zero-order chi connectivity index (χ0) is 16.3. The molecule has 0 fully saturated rings. The number of rotatable bonds is 10. The van der Waals surface area contributed by atoms with Gasteiger partial charge in [0.15, 0.2) is 0 Å². The number of amides is 2. The number of nitrogens with one attached hydrogen (secondary N) is 1. The Hall–Kier alpha value is -1.83. The number of nitrogens with zero attached hydrogens (tertiary/aromatic N) is 1. The molecule has 0 bridgehead atoms. The average Bonchev–Trinajstić information content (AvgIpc) is 2.51. The van der Waals surface area contributed by atoms with Crippen molar-refractivity contribution in [3.8, 4) is 0 Å². The third kappa shape index (κ3) is 18.2. The molecule has 0 aliphatic heterocycles. The zero-order valence-corrected chi connectivity index (χ0v) is 12.6. The van der Waals surface area contributed by atoms with Crippen molar-refractivity contribution in [2.24, 2.45) is 5.18 Å². The van der Waals surface area contributed by atoms with Crippen LogP contribution in [0.1, 0.15) is 52.4 Å². The predicted octanol–water partition coefficient (Wildman–Crippen LogP) is 1.87. The molecule has 8 heteroatoms. The van der Waals surface area contributed by atoms with Gasteiger partial charge in [-0.3, -0.25) is 14.4 Å². The number of ether oxygens (including phenoxy) is 1. The van der Waals surface area contributed by atoms with Gasteiger partial charge in [0, 0.05) is 5.18 Å². The first kappa shape index (κ1) is 21.5. The topological polar surface area (TPSA) is 111 Å². The van der Waals surface area contributed by atoms with Crippen LogP contribution in [0.15, 0.2) is 5.18 Å². The monoisotopic (exact) mass is 304 g/mol. The van der Waals surface area contributed by atoms with Crippen LogP contribution in [0.5, 0.6) is 0 Å². The van der Waals surface area contributed by atoms with Gasteiger partial charge in [0.1, 0.15) is 0 Å². The Labute approximate surface area is 124 Å². The average molecular weight is 304 g/mol. The molecule has 0 heterocycles. The molecule has 21 heavy (non-hydrogen) atoms. The molecule has 0 aliphatic carbocycles. The molecule has 0 aromatic rings. The number of unbranched alkanes of at least 4 members (excludes halogenated alkanes) is 4. The lowest BCUT2D eigenvalue weighted by molar-refractivity contribution is -0.153. The van der Waals surface area contributed by atoms with Crippen LogP contribution in [0.2, 0.25) is 0 Å². The molecular formula is C13H24N2O6. The van der Waals surface area contributed by atoms with Crippen LogP contribution in [0.3, 0.4) is 0 Å². The summed E-state index contributed by atoms with van der Waals surface area (Å²) in [6, 6.07) is 0. The lowest BCUT2D eigenvalue weighted by atomic mass is 10.3. The van der Waals surface area contributed by atoms with Gasteiger partial charge in [0.05, 0.1) is 13.2 Å². The maximum Gasteiger partial charge on any atom is 0.402 e. The van der Waals surface area contributed by atoms with Crippen molar-refractivity contribution in [3.63, 3.8) is 0 Å². The van der Waals surface area contributed by atoms with Crippen molar-refractivity contribution in [1.82, 2.24) is 5.48 Å². The minimum absolute atomic E-state index is 0.175. The molecule has 0 aliphatic rings. The Morgan fingerprint density at radius 1 is 1.05 bits per heavy atom. The van der Waals surface area contributed by atoms with E-state index in [4.69, 9.17) is 0 Å². The Kier molecular flexibility index (Phi) is 18.6. The van der Waals surface area contributed by atoms with E-state index in [2.05, 4.69) is 22.0 Å². The first-order chi connectivity index (χ1) is 10.1. The summed E-state index contributed by atoms with van der Waals surface area (Å²) < 4.78 is 4.41. The van der Waals surface area contributed by atoms with Crippen molar-refractivity contribution >= 4 is 18.3 Å². The Balaban J connectivity index is 0. The molecule has 0 unspecified atom stereocenters. The van der Waals surface area contributed by atoms with Crippen LogP contribution in [-0.4, -0.2) is 31.5 Å². The van der Waals surface area contributed by atoms with Crippen molar-refractivity contribution < 1.29 is 24.0 Å². The Bertz CT molecular complexity index is 296. The normalized spacial score (nSPS) is 9.05. The molecule has 2 amide bonds. The van der Waals surface area contributed by atoms with E-state index in [9.17, 15) is 19.3 Å². The van der Waals surface area contributed by atoms with Crippen LogP contribution in [-0.2, 0) is 24.0 Å². The standard InChI is InChI=1S/C7H11NO4.C6H13NO2/c1-2-3-4-5-12-7(10)6(9)8-11;1-2-3-4-5-9-7-6-8/h2-5H2,1H3;6H,2-5H2,1H3,(H,7,8). The second-order valence-corrected chi connectivity index (χ2v) is 4.03. The smallest absolute Gasteiger partial charge is 0.402 e. The molecule has 0 rings (SSSR count). The van der Waals surface area contributed by atoms with E-state index in [1.165, 1.54) is 6.42 Å². The van der Waals surface area contributed by atoms with Gasteiger partial charge in [-0.1, -0.05) is 39.5 Å². The first-order valence-corrected chi connectivity index (χ1v) is 6.99. The maximum absolute atomic E-state index is 10.5. The molecule has 0 atom stereocenters. The number of carbonyl (C=O) groups excluding carboxylic acids is 3. The first-order valence-electron chi connectivity index (χ1n) is 6.99. The van der Waals surface area contributed by atoms with Crippen molar-refractivity contribution in [2.75, 3.05) is 13.2 Å². The number of hydroxylamine groups is 1. The van der Waals surface area contributed by atoms with Crippen LogP contribution in [0, 0.1) is 4.91 Å². The highest BCUT2D eigenvalue weighted by Gasteiger charge is 2.14. The third-order valence-electron chi connectivity index (χ3n) is 2.22. The van der Waals surface area contributed by atoms with E-state index >= 15 is 0 Å². The number of hydrogen-bond acceptors (Lipinski definition) is 6. The summed E-state index contributed by atoms with van der Waals surface area (Å²) in [6.45, 7) is 4.91. The third-order valence-corrected chi connectivity index (χ3v) is 2.22. The summed E-state index contributed by atoms with van der Waals surface area (Å²) in [5.41, 5.74) is 2.13. The fraction of sp³-hybridized carbons (Fsp3) is 0.769. The number of hydrogen-bond donors (Lipinski definition) is 1. The minimum atomic E-state index is -1.37. The van der Waals surface area contributed by atoms with Gasteiger partial charge in [-0.25, -0.2) is 10.3 Å². The largest absolute Gasteiger partial charge is 0.458 e. The van der Waals surface area contributed by atoms with Gasteiger partial charge in [-0.15, -0.1) is 4.91 Å². The van der Waals surface area contributed by atoms with Gasteiger partial charge in [-0.2, -0.15) is 0 Å². The van der Waals surface area contributed by atoms with Crippen LogP contribution in [0.25, 0.3) is 0 Å². The van der Waals surface area contributed by atoms with Crippen molar-refractivity contribution in [2.45, 2.75) is 52.4 Å². The van der Waals surface area contributed by atoms with Gasteiger partial charge < -0.3 is 4.74 Å². The lowest BCUT2D eigenvalue weighted by Crippen LogP contribution is -2.15. The summed E-state index contributed by atoms with van der Waals surface area (Å²) in [4.78, 5) is 44.5. The van der Waals surface area contributed by atoms with E-state index in [1.807, 2.05) is 12.1 Å². The van der Waals surface area contributed by atoms with Gasteiger partial charge >= 0.3 is 11.9 Å². The van der Waals surface area contributed by atoms with Gasteiger partial charge in [-0.05, 0) is 12.8 Å². The number of nitroso groups, excluding NO2 is 1. The second-order valence-electron chi connectivity index (χ2n) is 4.03. The Morgan fingerprint density at radius 2 is 1.62 bits per heavy atom. The summed E-state index contributed by atoms with van der Waals surface area (Å²) >= 11 is 0. The maximum atomic E-state index is 10.5. The molecule has 8 nitrogen and oxygen atoms in total. The summed E-state index contributed by atoms with van der Waals surface area (Å²) in [7, 11) is 0. The van der Waals surface area contributed by atoms with Crippen LogP contribution in [0.4, 0.5) is 0 Å². The molecule has 0 saturated heterocycles. The summed E-state index contributed by atoms with van der Waals surface area (Å²) in [6.07, 6.45) is 6.50. The number of carbonyl (C=O) groups is 3. The van der Waals surface area contributed by atoms with E-state index in [1.54, 1.807) is 0 Å². The molecule has 0 spiro atoms. The van der Waals surface area contributed by atoms with Crippen LogP contribution >= 0.6 is 0 Å². The highest BCUT2D eigenvalue weighted by atomic mass is 16.6. The Morgan fingerprint density at radius 3 is 2.10 bits per heavy atom. The van der Waals surface area contributed by atoms with Crippen molar-refractivity contribution in [3.05, 3.63) is 4.91 Å². The van der Waals surface area contributed by atoms with Gasteiger partial charge in [0.25, 0.3) is 0 Å². The van der Waals surface area contributed by atoms with E-state index < -0.39 is 11.9 Å². The molecule has 0 saturated carbocycles. The quantitative estimate of drug-likeness (QED) is 0.165. The fourth-order valence-corrected chi connectivity index (χ4v) is 1.13.